The summed E-state index contributed by atoms with van der Waals surface area (Å²) in [6, 6.07) is 15.8. The standard InChI is InChI=1S/C22H23N3O4/c1-29-18-9-5-8-17(14-18)25-20(26)15-19(22(25)28)23-10-12-24(13-11-23)21(27)16-6-3-2-4-7-16/h2-9,14,19H,10-13,15H2,1H3/p+1/t19-/m0/s1. The summed E-state index contributed by atoms with van der Waals surface area (Å²) in [4.78, 5) is 42.4. The van der Waals surface area contributed by atoms with E-state index in [1.165, 1.54) is 4.90 Å². The zero-order chi connectivity index (χ0) is 20.4. The van der Waals surface area contributed by atoms with Gasteiger partial charge in [0.25, 0.3) is 11.8 Å². The van der Waals surface area contributed by atoms with E-state index in [9.17, 15) is 14.4 Å². The number of benzene rings is 2. The number of methoxy groups -OCH3 is 1. The maximum atomic E-state index is 13.0. The van der Waals surface area contributed by atoms with Gasteiger partial charge in [-0.05, 0) is 24.3 Å². The topological polar surface area (TPSA) is 71.4 Å². The van der Waals surface area contributed by atoms with Gasteiger partial charge in [0, 0.05) is 11.6 Å². The molecule has 1 N–H and O–H groups in total. The largest absolute Gasteiger partial charge is 0.497 e. The molecule has 2 heterocycles. The molecule has 2 fully saturated rings. The van der Waals surface area contributed by atoms with Gasteiger partial charge in [-0.15, -0.1) is 0 Å². The summed E-state index contributed by atoms with van der Waals surface area (Å²) in [5, 5.41) is 0. The van der Waals surface area contributed by atoms with Gasteiger partial charge in [-0.3, -0.25) is 14.4 Å². The number of hydrogen-bond donors (Lipinski definition) is 1. The van der Waals surface area contributed by atoms with Crippen molar-refractivity contribution >= 4 is 23.4 Å². The average molecular weight is 394 g/mol. The highest BCUT2D eigenvalue weighted by Gasteiger charge is 2.46. The van der Waals surface area contributed by atoms with Crippen LogP contribution in [0.2, 0.25) is 0 Å². The van der Waals surface area contributed by atoms with E-state index in [4.69, 9.17) is 4.74 Å². The number of ether oxygens (including phenoxy) is 1. The molecule has 4 rings (SSSR count). The van der Waals surface area contributed by atoms with Gasteiger partial charge in [0.05, 0.1) is 45.4 Å². The van der Waals surface area contributed by atoms with Crippen LogP contribution in [0.15, 0.2) is 54.6 Å². The second-order valence-corrected chi connectivity index (χ2v) is 7.34. The number of rotatable bonds is 4. The van der Waals surface area contributed by atoms with Crippen molar-refractivity contribution in [3.63, 3.8) is 0 Å². The maximum absolute atomic E-state index is 13.0. The fraction of sp³-hybridized carbons (Fsp3) is 0.318. The molecule has 0 bridgehead atoms. The van der Waals surface area contributed by atoms with Crippen molar-refractivity contribution in [3.8, 4) is 5.75 Å². The monoisotopic (exact) mass is 394 g/mol. The highest BCUT2D eigenvalue weighted by atomic mass is 16.5. The second kappa shape index (κ2) is 8.05. The first-order valence-electron chi connectivity index (χ1n) is 9.78. The number of carbonyl (C=O) groups is 3. The van der Waals surface area contributed by atoms with E-state index < -0.39 is 6.04 Å². The van der Waals surface area contributed by atoms with Crippen molar-refractivity contribution in [1.29, 1.82) is 0 Å². The van der Waals surface area contributed by atoms with E-state index >= 15 is 0 Å². The molecule has 0 saturated carbocycles. The summed E-state index contributed by atoms with van der Waals surface area (Å²) in [5.74, 6) is 0.244. The lowest BCUT2D eigenvalue weighted by atomic mass is 10.1. The van der Waals surface area contributed by atoms with Gasteiger partial charge in [-0.2, -0.15) is 0 Å². The molecule has 0 radical (unpaired) electrons. The fourth-order valence-electron chi connectivity index (χ4n) is 4.08. The minimum absolute atomic E-state index is 0.0106. The van der Waals surface area contributed by atoms with Crippen LogP contribution < -0.4 is 14.5 Å². The Morgan fingerprint density at radius 3 is 2.45 bits per heavy atom. The summed E-state index contributed by atoms with van der Waals surface area (Å²) in [6.07, 6.45) is 0.192. The molecule has 2 saturated heterocycles. The third-order valence-electron chi connectivity index (χ3n) is 5.66. The van der Waals surface area contributed by atoms with Crippen LogP contribution in [-0.2, 0) is 9.59 Å². The number of imide groups is 1. The van der Waals surface area contributed by atoms with Crippen LogP contribution in [0.1, 0.15) is 16.8 Å². The number of nitrogens with zero attached hydrogens (tertiary/aromatic N) is 2. The quantitative estimate of drug-likeness (QED) is 0.761. The van der Waals surface area contributed by atoms with E-state index in [0.717, 1.165) is 4.90 Å². The van der Waals surface area contributed by atoms with Crippen LogP contribution in [-0.4, -0.2) is 62.0 Å². The van der Waals surface area contributed by atoms with Crippen molar-refractivity contribution in [2.24, 2.45) is 0 Å². The Balaban J connectivity index is 1.42. The Labute approximate surface area is 169 Å². The van der Waals surface area contributed by atoms with Crippen LogP contribution >= 0.6 is 0 Å². The third-order valence-corrected chi connectivity index (χ3v) is 5.66. The molecule has 29 heavy (non-hydrogen) atoms. The molecule has 1 atom stereocenters. The molecule has 2 aliphatic rings. The first kappa shape index (κ1) is 19.1. The van der Waals surface area contributed by atoms with Gasteiger partial charge in [0.1, 0.15) is 5.75 Å². The molecule has 7 heteroatoms. The van der Waals surface area contributed by atoms with Gasteiger partial charge in [0.2, 0.25) is 5.91 Å². The molecule has 7 nitrogen and oxygen atoms in total. The van der Waals surface area contributed by atoms with Gasteiger partial charge in [-0.1, -0.05) is 24.3 Å². The minimum atomic E-state index is -0.400. The number of piperazine rings is 1. The number of nitrogens with one attached hydrogen (secondary N) is 1. The van der Waals surface area contributed by atoms with Crippen molar-refractivity contribution in [3.05, 3.63) is 60.2 Å². The average Bonchev–Trinajstić information content (AvgIpc) is 3.08. The molecule has 150 valence electrons. The van der Waals surface area contributed by atoms with Crippen LogP contribution in [0, 0.1) is 0 Å². The summed E-state index contributed by atoms with van der Waals surface area (Å²) < 4.78 is 5.21. The van der Waals surface area contributed by atoms with Gasteiger partial charge < -0.3 is 14.5 Å². The number of amides is 3. The first-order chi connectivity index (χ1) is 14.1. The third kappa shape index (κ3) is 3.73. The van der Waals surface area contributed by atoms with Crippen molar-refractivity contribution in [2.45, 2.75) is 12.5 Å². The zero-order valence-corrected chi connectivity index (χ0v) is 16.3. The lowest BCUT2D eigenvalue weighted by Gasteiger charge is -2.34. The minimum Gasteiger partial charge on any atom is -0.497 e. The molecule has 2 aliphatic heterocycles. The molecular weight excluding hydrogens is 370 g/mol. The van der Waals surface area contributed by atoms with E-state index in [-0.39, 0.29) is 24.1 Å². The highest BCUT2D eigenvalue weighted by Crippen LogP contribution is 2.25. The van der Waals surface area contributed by atoms with Crippen LogP contribution in [0.25, 0.3) is 0 Å². The lowest BCUT2D eigenvalue weighted by molar-refractivity contribution is -0.918. The maximum Gasteiger partial charge on any atom is 0.292 e. The summed E-state index contributed by atoms with van der Waals surface area (Å²) in [6.45, 7) is 2.43. The molecular formula is C22H24N3O4+. The smallest absolute Gasteiger partial charge is 0.292 e. The van der Waals surface area contributed by atoms with Crippen molar-refractivity contribution < 1.29 is 24.0 Å². The van der Waals surface area contributed by atoms with Crippen molar-refractivity contribution in [2.75, 3.05) is 38.2 Å². The normalized spacial score (nSPS) is 20.2. The molecule has 3 amide bonds. The van der Waals surface area contributed by atoms with E-state index in [0.29, 0.717) is 43.2 Å². The molecule has 2 aromatic carbocycles. The predicted molar refractivity (Wildman–Crippen MR) is 107 cm³/mol. The summed E-state index contributed by atoms with van der Waals surface area (Å²) >= 11 is 0. The van der Waals surface area contributed by atoms with Crippen molar-refractivity contribution in [1.82, 2.24) is 4.90 Å². The fourth-order valence-corrected chi connectivity index (χ4v) is 4.08. The van der Waals surface area contributed by atoms with E-state index in [1.807, 2.05) is 35.2 Å². The number of quaternary nitrogens is 1. The Morgan fingerprint density at radius 2 is 1.76 bits per heavy atom. The Kier molecular flexibility index (Phi) is 5.31. The van der Waals surface area contributed by atoms with Gasteiger partial charge >= 0.3 is 0 Å². The lowest BCUT2D eigenvalue weighted by Crippen LogP contribution is -3.19. The van der Waals surface area contributed by atoms with E-state index in [1.54, 1.807) is 31.4 Å². The predicted octanol–water partition coefficient (Wildman–Crippen LogP) is 0.368. The SMILES string of the molecule is COc1cccc(N2C(=O)C[C@H]([NH+]3CCN(C(=O)c4ccccc4)CC3)C2=O)c1. The highest BCUT2D eigenvalue weighted by molar-refractivity contribution is 6.21. The van der Waals surface area contributed by atoms with Gasteiger partial charge in [0.15, 0.2) is 6.04 Å². The van der Waals surface area contributed by atoms with Crippen LogP contribution in [0.5, 0.6) is 5.75 Å². The van der Waals surface area contributed by atoms with Gasteiger partial charge in [-0.25, -0.2) is 4.90 Å². The van der Waals surface area contributed by atoms with Crippen LogP contribution in [0.3, 0.4) is 0 Å². The van der Waals surface area contributed by atoms with Crippen LogP contribution in [0.4, 0.5) is 5.69 Å². The number of carbonyl (C=O) groups excluding carboxylic acids is 3. The Bertz CT molecular complexity index is 923. The molecule has 0 aromatic heterocycles. The molecule has 0 unspecified atom stereocenters. The summed E-state index contributed by atoms with van der Waals surface area (Å²) in [7, 11) is 1.55. The number of anilines is 1. The summed E-state index contributed by atoms with van der Waals surface area (Å²) in [5.41, 5.74) is 1.21. The zero-order valence-electron chi connectivity index (χ0n) is 16.3. The Hall–Kier alpha value is -3.19. The number of hydrogen-bond acceptors (Lipinski definition) is 4. The molecule has 2 aromatic rings. The van der Waals surface area contributed by atoms with E-state index in [2.05, 4.69) is 0 Å². The first-order valence-corrected chi connectivity index (χ1v) is 9.78. The second-order valence-electron chi connectivity index (χ2n) is 7.34. The molecule has 0 aliphatic carbocycles. The molecule has 0 spiro atoms. The Morgan fingerprint density at radius 1 is 1.03 bits per heavy atom.